The highest BCUT2D eigenvalue weighted by atomic mass is 16.3. The van der Waals surface area contributed by atoms with Crippen LogP contribution in [0.15, 0.2) is 18.2 Å². The van der Waals surface area contributed by atoms with Crippen molar-refractivity contribution in [1.82, 2.24) is 0 Å². The van der Waals surface area contributed by atoms with Crippen LogP contribution in [0.3, 0.4) is 0 Å². The average molecular weight is 150 g/mol. The van der Waals surface area contributed by atoms with Crippen LogP contribution < -0.4 is 5.73 Å². The third-order valence-electron chi connectivity index (χ3n) is 1.33. The van der Waals surface area contributed by atoms with Crippen molar-refractivity contribution in [1.29, 1.82) is 0 Å². The van der Waals surface area contributed by atoms with Gasteiger partial charge in [-0.15, -0.1) is 0 Å². The van der Waals surface area contributed by atoms with Crippen LogP contribution in [-0.2, 0) is 0 Å². The van der Waals surface area contributed by atoms with Gasteiger partial charge in [0.1, 0.15) is 5.75 Å². The maximum Gasteiger partial charge on any atom is 0.252 e. The molecule has 0 spiro atoms. The summed E-state index contributed by atoms with van der Waals surface area (Å²) in [4.78, 5) is 10.6. The summed E-state index contributed by atoms with van der Waals surface area (Å²) in [5.41, 5.74) is 5.72. The molecule has 0 atom stereocenters. The Morgan fingerprint density at radius 3 is 2.64 bits per heavy atom. The number of carbonyl (C=O) groups is 1. The SMILES string of the molecule is [CH2]c1ccc(O)c(C(N)=O)c1. The fourth-order valence-corrected chi connectivity index (χ4v) is 0.781. The molecule has 1 aromatic rings. The molecule has 0 aliphatic rings. The van der Waals surface area contributed by atoms with Crippen molar-refractivity contribution in [3.63, 3.8) is 0 Å². The number of hydrogen-bond donors (Lipinski definition) is 2. The summed E-state index contributed by atoms with van der Waals surface area (Å²) in [6.45, 7) is 3.59. The molecule has 57 valence electrons. The Morgan fingerprint density at radius 1 is 1.55 bits per heavy atom. The van der Waals surface area contributed by atoms with Crippen LogP contribution in [-0.4, -0.2) is 11.0 Å². The number of hydrogen-bond acceptors (Lipinski definition) is 2. The van der Waals surface area contributed by atoms with Crippen LogP contribution in [0.25, 0.3) is 0 Å². The van der Waals surface area contributed by atoms with Crippen LogP contribution in [0, 0.1) is 6.92 Å². The molecule has 1 amide bonds. The number of nitrogens with two attached hydrogens (primary N) is 1. The summed E-state index contributed by atoms with van der Waals surface area (Å²) in [5, 5.41) is 9.08. The average Bonchev–Trinajstić information content (AvgIpc) is 1.94. The quantitative estimate of drug-likeness (QED) is 0.618. The number of rotatable bonds is 1. The first kappa shape index (κ1) is 7.60. The van der Waals surface area contributed by atoms with Gasteiger partial charge in [0.25, 0.3) is 5.91 Å². The molecule has 0 aromatic heterocycles. The fourth-order valence-electron chi connectivity index (χ4n) is 0.781. The Balaban J connectivity index is 3.23. The second-order valence-electron chi connectivity index (χ2n) is 2.22. The van der Waals surface area contributed by atoms with Gasteiger partial charge in [-0.1, -0.05) is 6.07 Å². The zero-order valence-electron chi connectivity index (χ0n) is 5.87. The maximum atomic E-state index is 10.6. The van der Waals surface area contributed by atoms with Gasteiger partial charge < -0.3 is 10.8 Å². The monoisotopic (exact) mass is 150 g/mol. The molecule has 0 bridgehead atoms. The molecule has 11 heavy (non-hydrogen) atoms. The molecule has 3 nitrogen and oxygen atoms in total. The van der Waals surface area contributed by atoms with Crippen molar-refractivity contribution in [2.24, 2.45) is 5.73 Å². The molecule has 0 unspecified atom stereocenters. The predicted octanol–water partition coefficient (Wildman–Crippen LogP) is 0.673. The molecule has 3 heteroatoms. The van der Waals surface area contributed by atoms with E-state index in [1.54, 1.807) is 6.07 Å². The van der Waals surface area contributed by atoms with Crippen molar-refractivity contribution in [2.45, 2.75) is 0 Å². The lowest BCUT2D eigenvalue weighted by Crippen LogP contribution is -2.11. The Hall–Kier alpha value is -1.51. The highest BCUT2D eigenvalue weighted by molar-refractivity contribution is 5.95. The lowest BCUT2D eigenvalue weighted by molar-refractivity contribution is 0.0997. The van der Waals surface area contributed by atoms with Crippen LogP contribution in [0.1, 0.15) is 15.9 Å². The second kappa shape index (κ2) is 2.62. The van der Waals surface area contributed by atoms with E-state index in [0.29, 0.717) is 5.56 Å². The summed E-state index contributed by atoms with van der Waals surface area (Å²) in [5.74, 6) is -0.752. The van der Waals surface area contributed by atoms with Gasteiger partial charge in [-0.3, -0.25) is 4.79 Å². The zero-order chi connectivity index (χ0) is 8.43. The first-order valence-corrected chi connectivity index (χ1v) is 3.06. The second-order valence-corrected chi connectivity index (χ2v) is 2.22. The van der Waals surface area contributed by atoms with Crippen molar-refractivity contribution in [2.75, 3.05) is 0 Å². The maximum absolute atomic E-state index is 10.6. The van der Waals surface area contributed by atoms with Crippen molar-refractivity contribution in [3.05, 3.63) is 36.2 Å². The Kier molecular flexibility index (Phi) is 1.81. The van der Waals surface area contributed by atoms with E-state index in [0.717, 1.165) is 0 Å². The smallest absolute Gasteiger partial charge is 0.252 e. The van der Waals surface area contributed by atoms with E-state index in [9.17, 15) is 4.79 Å². The summed E-state index contributed by atoms with van der Waals surface area (Å²) < 4.78 is 0. The Morgan fingerprint density at radius 2 is 2.18 bits per heavy atom. The number of primary amides is 1. The van der Waals surface area contributed by atoms with Crippen molar-refractivity contribution >= 4 is 5.91 Å². The minimum Gasteiger partial charge on any atom is -0.507 e. The van der Waals surface area contributed by atoms with Gasteiger partial charge in [0.05, 0.1) is 5.56 Å². The molecule has 0 saturated heterocycles. The first-order valence-electron chi connectivity index (χ1n) is 3.06. The zero-order valence-corrected chi connectivity index (χ0v) is 5.87. The first-order chi connectivity index (χ1) is 5.11. The number of amides is 1. The van der Waals surface area contributed by atoms with Crippen LogP contribution >= 0.6 is 0 Å². The van der Waals surface area contributed by atoms with Crippen LogP contribution in [0.2, 0.25) is 0 Å². The van der Waals surface area contributed by atoms with E-state index in [-0.39, 0.29) is 11.3 Å². The van der Waals surface area contributed by atoms with E-state index in [4.69, 9.17) is 10.8 Å². The third-order valence-corrected chi connectivity index (χ3v) is 1.33. The Labute approximate surface area is 64.5 Å². The predicted molar refractivity (Wildman–Crippen MR) is 41.1 cm³/mol. The summed E-state index contributed by atoms with van der Waals surface area (Å²) in [6.07, 6.45) is 0. The lowest BCUT2D eigenvalue weighted by atomic mass is 10.1. The number of benzene rings is 1. The highest BCUT2D eigenvalue weighted by Gasteiger charge is 2.05. The molecular weight excluding hydrogens is 142 g/mol. The summed E-state index contributed by atoms with van der Waals surface area (Å²) in [6, 6.07) is 4.43. The molecule has 1 radical (unpaired) electrons. The van der Waals surface area contributed by atoms with E-state index < -0.39 is 5.91 Å². The normalized spacial score (nSPS) is 9.55. The van der Waals surface area contributed by atoms with E-state index in [1.807, 2.05) is 0 Å². The molecule has 1 aromatic carbocycles. The Bertz CT molecular complexity index is 294. The van der Waals surface area contributed by atoms with Gasteiger partial charge in [0.15, 0.2) is 0 Å². The minimum absolute atomic E-state index is 0.107. The number of aromatic hydroxyl groups is 1. The van der Waals surface area contributed by atoms with Crippen molar-refractivity contribution in [3.8, 4) is 5.75 Å². The molecule has 0 aliphatic carbocycles. The van der Waals surface area contributed by atoms with Gasteiger partial charge in [-0.2, -0.15) is 0 Å². The van der Waals surface area contributed by atoms with E-state index in [1.165, 1.54) is 12.1 Å². The minimum atomic E-state index is -0.645. The lowest BCUT2D eigenvalue weighted by Gasteiger charge is -1.99. The number of carbonyl (C=O) groups excluding carboxylic acids is 1. The van der Waals surface area contributed by atoms with Gasteiger partial charge in [-0.05, 0) is 24.6 Å². The van der Waals surface area contributed by atoms with E-state index >= 15 is 0 Å². The van der Waals surface area contributed by atoms with Crippen LogP contribution in [0.4, 0.5) is 0 Å². The van der Waals surface area contributed by atoms with Gasteiger partial charge in [0, 0.05) is 0 Å². The molecule has 0 heterocycles. The van der Waals surface area contributed by atoms with Crippen LogP contribution in [0.5, 0.6) is 5.75 Å². The van der Waals surface area contributed by atoms with Gasteiger partial charge in [0.2, 0.25) is 0 Å². The third kappa shape index (κ3) is 1.49. The molecule has 1 rings (SSSR count). The summed E-state index contributed by atoms with van der Waals surface area (Å²) in [7, 11) is 0. The molecule has 0 saturated carbocycles. The largest absolute Gasteiger partial charge is 0.507 e. The topological polar surface area (TPSA) is 63.3 Å². The molecule has 0 fully saturated rings. The fraction of sp³-hybridized carbons (Fsp3) is 0. The molecule has 0 aliphatic heterocycles. The van der Waals surface area contributed by atoms with E-state index in [2.05, 4.69) is 6.92 Å². The standard InChI is InChI=1S/C8H8NO2/c1-5-2-3-7(10)6(4-5)8(9)11/h2-4,10H,1H2,(H2,9,11). The molecule has 3 N–H and O–H groups in total. The number of phenols is 1. The molecular formula is C8H8NO2. The van der Waals surface area contributed by atoms with Gasteiger partial charge in [-0.25, -0.2) is 0 Å². The summed E-state index contributed by atoms with van der Waals surface area (Å²) >= 11 is 0. The van der Waals surface area contributed by atoms with Crippen molar-refractivity contribution < 1.29 is 9.90 Å². The van der Waals surface area contributed by atoms with Gasteiger partial charge >= 0.3 is 0 Å². The highest BCUT2D eigenvalue weighted by Crippen LogP contribution is 2.16.